The summed E-state index contributed by atoms with van der Waals surface area (Å²) in [4.78, 5) is 64.7. The van der Waals surface area contributed by atoms with Gasteiger partial charge in [-0.1, -0.05) is 11.1 Å². The number of nitrogens with zero attached hydrogens (tertiary/aromatic N) is 1. The number of halogens is 2. The number of aromatic hydroxyl groups is 1. The fourth-order valence-corrected chi connectivity index (χ4v) is 3.87. The highest BCUT2D eigenvalue weighted by Gasteiger charge is 2.30. The summed E-state index contributed by atoms with van der Waals surface area (Å²) in [6.45, 7) is 0. The second-order valence-electron chi connectivity index (χ2n) is 7.80. The van der Waals surface area contributed by atoms with Gasteiger partial charge in [0.25, 0.3) is 11.8 Å². The number of rotatable bonds is 4. The zero-order chi connectivity index (χ0) is 26.6. The Labute approximate surface area is 203 Å². The SMILES string of the molecule is O=C(ON1C(=O)C=CC1=O)c1ccc(-c2c3cc(F)c(=O)cc-3oc3cc(O)c(F)cc23)c(C(=O)O)c1. The van der Waals surface area contributed by atoms with Crippen LogP contribution in [0.5, 0.6) is 5.75 Å². The van der Waals surface area contributed by atoms with E-state index in [4.69, 9.17) is 9.25 Å². The van der Waals surface area contributed by atoms with Crippen LogP contribution in [-0.4, -0.2) is 39.0 Å². The normalized spacial score (nSPS) is 13.1. The van der Waals surface area contributed by atoms with Crippen LogP contribution in [0.2, 0.25) is 0 Å². The number of phenols is 1. The number of hydrogen-bond acceptors (Lipinski definition) is 8. The molecule has 37 heavy (non-hydrogen) atoms. The van der Waals surface area contributed by atoms with Gasteiger partial charge in [0.05, 0.1) is 11.1 Å². The van der Waals surface area contributed by atoms with Crippen molar-refractivity contribution in [2.24, 2.45) is 0 Å². The quantitative estimate of drug-likeness (QED) is 0.313. The van der Waals surface area contributed by atoms with E-state index >= 15 is 0 Å². The lowest BCUT2D eigenvalue weighted by molar-refractivity contribution is -0.170. The molecule has 2 aromatic rings. The molecule has 10 nitrogen and oxygen atoms in total. The second-order valence-corrected chi connectivity index (χ2v) is 7.80. The zero-order valence-electron chi connectivity index (χ0n) is 18.2. The minimum Gasteiger partial charge on any atom is -0.505 e. The molecule has 0 radical (unpaired) electrons. The summed E-state index contributed by atoms with van der Waals surface area (Å²) in [7, 11) is 0. The van der Waals surface area contributed by atoms with Crippen LogP contribution < -0.4 is 5.43 Å². The number of amides is 2. The summed E-state index contributed by atoms with van der Waals surface area (Å²) in [5, 5.41) is 19.8. The number of benzene rings is 3. The summed E-state index contributed by atoms with van der Waals surface area (Å²) in [6, 6.07) is 6.51. The van der Waals surface area contributed by atoms with E-state index in [1.54, 1.807) is 0 Å². The van der Waals surface area contributed by atoms with Crippen LogP contribution in [0.1, 0.15) is 20.7 Å². The van der Waals surface area contributed by atoms with Crippen molar-refractivity contribution in [2.75, 3.05) is 0 Å². The Morgan fingerprint density at radius 3 is 2.27 bits per heavy atom. The Bertz CT molecular complexity index is 1740. The highest BCUT2D eigenvalue weighted by Crippen LogP contribution is 2.43. The molecule has 2 N–H and O–H groups in total. The molecule has 0 saturated carbocycles. The minimum atomic E-state index is -1.55. The smallest absolute Gasteiger partial charge is 0.363 e. The summed E-state index contributed by atoms with van der Waals surface area (Å²) < 4.78 is 34.1. The molecule has 0 unspecified atom stereocenters. The van der Waals surface area contributed by atoms with Gasteiger partial charge in [0.15, 0.2) is 17.4 Å². The zero-order valence-corrected chi connectivity index (χ0v) is 18.2. The van der Waals surface area contributed by atoms with Crippen LogP contribution in [0.3, 0.4) is 0 Å². The number of phenolic OH excluding ortho intramolecular Hbond substituents is 1. The topological polar surface area (TPSA) is 151 Å². The number of carbonyl (C=O) groups is 4. The summed E-state index contributed by atoms with van der Waals surface area (Å²) in [5.41, 5.74) is -2.35. The maximum atomic E-state index is 14.3. The van der Waals surface area contributed by atoms with Gasteiger partial charge in [0.2, 0.25) is 5.43 Å². The molecule has 2 heterocycles. The van der Waals surface area contributed by atoms with Gasteiger partial charge in [-0.2, -0.15) is 0 Å². The van der Waals surface area contributed by atoms with Gasteiger partial charge >= 0.3 is 11.9 Å². The number of carbonyl (C=O) groups excluding carboxylic acids is 3. The Balaban J connectivity index is 1.73. The van der Waals surface area contributed by atoms with Crippen LogP contribution >= 0.6 is 0 Å². The molecule has 0 saturated heterocycles. The number of hydrogen-bond donors (Lipinski definition) is 2. The maximum absolute atomic E-state index is 14.3. The number of carboxylic acid groups (broad SMARTS) is 1. The number of imide groups is 1. The van der Waals surface area contributed by atoms with E-state index in [9.17, 15) is 43.0 Å². The van der Waals surface area contributed by atoms with Gasteiger partial charge in [-0.15, -0.1) is 0 Å². The van der Waals surface area contributed by atoms with Crippen LogP contribution in [0, 0.1) is 11.6 Å². The number of carboxylic acids is 1. The molecule has 2 aliphatic heterocycles. The third-order valence-electron chi connectivity index (χ3n) is 5.54. The van der Waals surface area contributed by atoms with Crippen LogP contribution in [0.15, 0.2) is 63.8 Å². The van der Waals surface area contributed by atoms with Gasteiger partial charge < -0.3 is 19.5 Å². The fraction of sp³-hybridized carbons (Fsp3) is 0. The van der Waals surface area contributed by atoms with Gasteiger partial charge in [-0.25, -0.2) is 18.4 Å². The minimum absolute atomic E-state index is 0.0690. The first-order chi connectivity index (χ1) is 17.5. The lowest BCUT2D eigenvalue weighted by Crippen LogP contribution is -2.32. The molecule has 5 rings (SSSR count). The Morgan fingerprint density at radius 2 is 1.59 bits per heavy atom. The van der Waals surface area contributed by atoms with Crippen LogP contribution in [0.25, 0.3) is 33.4 Å². The van der Waals surface area contributed by atoms with E-state index in [0.29, 0.717) is 0 Å². The van der Waals surface area contributed by atoms with Crippen molar-refractivity contribution in [3.63, 3.8) is 0 Å². The molecular weight excluding hydrogens is 496 g/mol. The number of hydroxylamine groups is 2. The van der Waals surface area contributed by atoms with Crippen molar-refractivity contribution < 1.29 is 47.4 Å². The predicted octanol–water partition coefficient (Wildman–Crippen LogP) is 3.24. The average molecular weight is 507 g/mol. The first-order valence-corrected chi connectivity index (χ1v) is 10.3. The van der Waals surface area contributed by atoms with Crippen molar-refractivity contribution >= 4 is 34.7 Å². The van der Waals surface area contributed by atoms with E-state index in [1.165, 1.54) is 0 Å². The summed E-state index contributed by atoms with van der Waals surface area (Å²) >= 11 is 0. The summed E-state index contributed by atoms with van der Waals surface area (Å²) in [6.07, 6.45) is 1.75. The maximum Gasteiger partial charge on any atom is 0.363 e. The van der Waals surface area contributed by atoms with Gasteiger partial charge in [-0.05, 0) is 29.8 Å². The molecule has 12 heteroatoms. The highest BCUT2D eigenvalue weighted by molar-refractivity contribution is 6.13. The highest BCUT2D eigenvalue weighted by atomic mass is 19.1. The monoisotopic (exact) mass is 507 g/mol. The standard InChI is InChI=1S/C25H11F2NO9/c26-15-6-13-19(8-17(15)29)36-20-9-18(30)16(27)7-14(20)23(13)11-2-1-10(5-12(11)24(33)34)25(35)37-28-21(31)3-4-22(28)32/h1-9,29H,(H,33,34). The van der Waals surface area contributed by atoms with Crippen molar-refractivity contribution in [3.8, 4) is 28.2 Å². The molecule has 3 aliphatic rings. The van der Waals surface area contributed by atoms with E-state index in [1.807, 2.05) is 0 Å². The lowest BCUT2D eigenvalue weighted by Gasteiger charge is -2.18. The molecule has 1 aliphatic carbocycles. The van der Waals surface area contributed by atoms with Crippen LogP contribution in [0.4, 0.5) is 8.78 Å². The molecule has 0 bridgehead atoms. The van der Waals surface area contributed by atoms with Gasteiger partial charge in [0, 0.05) is 40.8 Å². The second kappa shape index (κ2) is 8.37. The Morgan fingerprint density at radius 1 is 0.892 bits per heavy atom. The summed E-state index contributed by atoms with van der Waals surface area (Å²) in [5.74, 6) is -7.85. The molecule has 184 valence electrons. The largest absolute Gasteiger partial charge is 0.505 e. The Hall–Kier alpha value is -5.39. The van der Waals surface area contributed by atoms with E-state index in [2.05, 4.69) is 0 Å². The third kappa shape index (κ3) is 3.86. The number of aromatic carboxylic acids is 1. The Kier molecular flexibility index (Phi) is 5.29. The molecular formula is C25H11F2NO9. The first-order valence-electron chi connectivity index (χ1n) is 10.3. The molecule has 2 amide bonds. The molecule has 0 aromatic heterocycles. The van der Waals surface area contributed by atoms with Crippen molar-refractivity contribution in [1.29, 1.82) is 0 Å². The van der Waals surface area contributed by atoms with Crippen LogP contribution in [-0.2, 0) is 14.4 Å². The molecule has 2 aromatic carbocycles. The van der Waals surface area contributed by atoms with E-state index in [-0.39, 0.29) is 44.0 Å². The predicted molar refractivity (Wildman–Crippen MR) is 119 cm³/mol. The fourth-order valence-electron chi connectivity index (χ4n) is 3.87. The molecule has 0 atom stereocenters. The van der Waals surface area contributed by atoms with E-state index < -0.39 is 52.1 Å². The van der Waals surface area contributed by atoms with Gasteiger partial charge in [0.1, 0.15) is 11.3 Å². The first kappa shape index (κ1) is 23.4. The van der Waals surface area contributed by atoms with Crippen molar-refractivity contribution in [1.82, 2.24) is 5.06 Å². The van der Waals surface area contributed by atoms with Crippen molar-refractivity contribution in [3.05, 3.63) is 87.6 Å². The number of fused-ring (bicyclic) bond motifs is 2. The molecule has 0 spiro atoms. The molecule has 0 fully saturated rings. The lowest BCUT2D eigenvalue weighted by atomic mass is 9.89. The average Bonchev–Trinajstić information content (AvgIpc) is 3.16. The van der Waals surface area contributed by atoms with E-state index in [0.717, 1.165) is 54.6 Å². The van der Waals surface area contributed by atoms with Gasteiger partial charge in [-0.3, -0.25) is 14.4 Å². The van der Waals surface area contributed by atoms with Crippen molar-refractivity contribution in [2.45, 2.75) is 0 Å². The third-order valence-corrected chi connectivity index (χ3v) is 5.54.